The summed E-state index contributed by atoms with van der Waals surface area (Å²) in [6, 6.07) is 3.85. The Morgan fingerprint density at radius 3 is 3.21 bits per heavy atom. The molecule has 0 fully saturated rings. The summed E-state index contributed by atoms with van der Waals surface area (Å²) >= 11 is 1.75. The van der Waals surface area contributed by atoms with Gasteiger partial charge in [0.1, 0.15) is 5.82 Å². The number of hydrogen-bond donors (Lipinski definition) is 2. The molecule has 0 aliphatic carbocycles. The Morgan fingerprint density at radius 1 is 1.57 bits per heavy atom. The predicted octanol–water partition coefficient (Wildman–Crippen LogP) is 0.856. The zero-order valence-corrected chi connectivity index (χ0v) is 8.55. The average molecular weight is 208 g/mol. The van der Waals surface area contributed by atoms with Gasteiger partial charge in [-0.3, -0.25) is 4.99 Å². The van der Waals surface area contributed by atoms with E-state index < -0.39 is 0 Å². The fourth-order valence-corrected chi connectivity index (χ4v) is 1.95. The topological polar surface area (TPSA) is 63.3 Å². The second kappa shape index (κ2) is 4.32. The third kappa shape index (κ3) is 2.17. The van der Waals surface area contributed by atoms with E-state index >= 15 is 0 Å². The molecular formula is C9H12N4S. The second-order valence-corrected chi connectivity index (χ2v) is 4.02. The molecule has 1 aliphatic rings. The van der Waals surface area contributed by atoms with E-state index in [4.69, 9.17) is 5.73 Å². The molecule has 0 atom stereocenters. The van der Waals surface area contributed by atoms with Gasteiger partial charge in [0.25, 0.3) is 0 Å². The summed E-state index contributed by atoms with van der Waals surface area (Å²) in [5, 5.41) is 4.24. The summed E-state index contributed by atoms with van der Waals surface area (Å²) in [7, 11) is 0. The lowest BCUT2D eigenvalue weighted by Crippen LogP contribution is -2.19. The highest BCUT2D eigenvalue weighted by Gasteiger charge is 2.06. The molecule has 0 aromatic carbocycles. The number of nitrogen functional groups attached to an aromatic ring is 1. The number of nitrogens with one attached hydrogen (secondary N) is 1. The third-order valence-corrected chi connectivity index (χ3v) is 2.88. The quantitative estimate of drug-likeness (QED) is 0.756. The van der Waals surface area contributed by atoms with Crippen molar-refractivity contribution in [3.63, 3.8) is 0 Å². The molecule has 3 N–H and O–H groups in total. The van der Waals surface area contributed by atoms with Crippen LogP contribution in [0.4, 0.5) is 5.82 Å². The van der Waals surface area contributed by atoms with Crippen LogP contribution in [0, 0.1) is 0 Å². The fourth-order valence-electron chi connectivity index (χ4n) is 1.21. The summed E-state index contributed by atoms with van der Waals surface area (Å²) in [6.45, 7) is 1.61. The lowest BCUT2D eigenvalue weighted by atomic mass is 10.2. The number of amidine groups is 1. The minimum absolute atomic E-state index is 0.587. The van der Waals surface area contributed by atoms with Gasteiger partial charge in [0.05, 0.1) is 6.54 Å². The second-order valence-electron chi connectivity index (χ2n) is 2.94. The Bertz CT molecular complexity index is 350. The lowest BCUT2D eigenvalue weighted by Gasteiger charge is -2.06. The highest BCUT2D eigenvalue weighted by Crippen LogP contribution is 2.11. The summed E-state index contributed by atoms with van der Waals surface area (Å²) in [6.07, 6.45) is 1.70. The molecule has 5 heteroatoms. The number of aliphatic imine (C=N–C) groups is 1. The molecule has 0 unspecified atom stereocenters. The van der Waals surface area contributed by atoms with Crippen molar-refractivity contribution >= 4 is 22.7 Å². The van der Waals surface area contributed by atoms with Gasteiger partial charge in [-0.1, -0.05) is 17.8 Å². The summed E-state index contributed by atoms with van der Waals surface area (Å²) < 4.78 is 0. The molecule has 1 aromatic heterocycles. The molecular weight excluding hydrogens is 196 g/mol. The van der Waals surface area contributed by atoms with Crippen molar-refractivity contribution < 1.29 is 0 Å². The van der Waals surface area contributed by atoms with E-state index in [1.807, 2.05) is 12.1 Å². The Hall–Kier alpha value is -1.23. The maximum Gasteiger partial charge on any atom is 0.156 e. The van der Waals surface area contributed by atoms with Crippen LogP contribution in [0.3, 0.4) is 0 Å². The minimum atomic E-state index is 0.587. The van der Waals surface area contributed by atoms with Crippen LogP contribution < -0.4 is 11.1 Å². The van der Waals surface area contributed by atoms with E-state index in [1.54, 1.807) is 18.0 Å². The molecule has 0 radical (unpaired) electrons. The minimum Gasteiger partial charge on any atom is -0.383 e. The van der Waals surface area contributed by atoms with Crippen LogP contribution in [0.15, 0.2) is 23.3 Å². The number of nitrogens with two attached hydrogens (primary N) is 1. The first-order valence-corrected chi connectivity index (χ1v) is 5.45. The van der Waals surface area contributed by atoms with E-state index in [2.05, 4.69) is 15.3 Å². The van der Waals surface area contributed by atoms with Gasteiger partial charge in [-0.25, -0.2) is 4.98 Å². The Balaban J connectivity index is 1.94. The number of aromatic nitrogens is 1. The van der Waals surface area contributed by atoms with Gasteiger partial charge >= 0.3 is 0 Å². The molecule has 2 heterocycles. The van der Waals surface area contributed by atoms with Gasteiger partial charge in [0.2, 0.25) is 0 Å². The number of thioether (sulfide) groups is 1. The van der Waals surface area contributed by atoms with Crippen LogP contribution >= 0.6 is 11.8 Å². The van der Waals surface area contributed by atoms with E-state index in [9.17, 15) is 0 Å². The van der Waals surface area contributed by atoms with Crippen LogP contribution in [-0.4, -0.2) is 22.4 Å². The Morgan fingerprint density at radius 2 is 2.50 bits per heavy atom. The number of hydrogen-bond acceptors (Lipinski definition) is 5. The monoisotopic (exact) mass is 208 g/mol. The van der Waals surface area contributed by atoms with Crippen molar-refractivity contribution in [3.8, 4) is 0 Å². The average Bonchev–Trinajstić information content (AvgIpc) is 2.69. The van der Waals surface area contributed by atoms with Crippen LogP contribution in [0.25, 0.3) is 0 Å². The number of pyridine rings is 1. The lowest BCUT2D eigenvalue weighted by molar-refractivity contribution is 0.918. The van der Waals surface area contributed by atoms with E-state index in [0.29, 0.717) is 12.4 Å². The van der Waals surface area contributed by atoms with Gasteiger partial charge in [-0.05, 0) is 6.07 Å². The number of rotatable bonds is 2. The van der Waals surface area contributed by atoms with Crippen molar-refractivity contribution in [2.75, 3.05) is 18.0 Å². The highest BCUT2D eigenvalue weighted by atomic mass is 32.2. The molecule has 0 saturated heterocycles. The number of anilines is 1. The normalized spacial score (nSPS) is 15.3. The summed E-state index contributed by atoms with van der Waals surface area (Å²) in [5.41, 5.74) is 6.72. The third-order valence-electron chi connectivity index (χ3n) is 1.94. The van der Waals surface area contributed by atoms with E-state index in [1.165, 1.54) is 0 Å². The van der Waals surface area contributed by atoms with Crippen molar-refractivity contribution in [2.45, 2.75) is 6.54 Å². The standard InChI is InChI=1S/C9H12N4S/c10-8-7(2-1-3-11-8)6-13-9-12-4-5-14-9/h1-3H,4-6H2,(H2,10,11)(H,12,13). The van der Waals surface area contributed by atoms with Gasteiger partial charge in [0.15, 0.2) is 5.17 Å². The first-order valence-electron chi connectivity index (χ1n) is 4.47. The van der Waals surface area contributed by atoms with Gasteiger partial charge in [0, 0.05) is 24.1 Å². The largest absolute Gasteiger partial charge is 0.383 e. The molecule has 2 rings (SSSR count). The molecule has 1 aromatic rings. The van der Waals surface area contributed by atoms with Gasteiger partial charge in [-0.15, -0.1) is 0 Å². The van der Waals surface area contributed by atoms with Crippen molar-refractivity contribution in [3.05, 3.63) is 23.9 Å². The Kier molecular flexibility index (Phi) is 2.88. The molecule has 0 spiro atoms. The molecule has 1 aliphatic heterocycles. The molecule has 74 valence electrons. The Labute approximate surface area is 87.0 Å². The molecule has 0 saturated carbocycles. The van der Waals surface area contributed by atoms with E-state index in [-0.39, 0.29) is 0 Å². The van der Waals surface area contributed by atoms with Crippen LogP contribution in [0.1, 0.15) is 5.56 Å². The SMILES string of the molecule is Nc1ncccc1CNC1=NCCS1. The molecule has 0 bridgehead atoms. The van der Waals surface area contributed by atoms with E-state index in [0.717, 1.165) is 23.0 Å². The van der Waals surface area contributed by atoms with Crippen LogP contribution in [0.2, 0.25) is 0 Å². The fraction of sp³-hybridized carbons (Fsp3) is 0.333. The van der Waals surface area contributed by atoms with Crippen LogP contribution in [0.5, 0.6) is 0 Å². The first kappa shape index (κ1) is 9.33. The van der Waals surface area contributed by atoms with Crippen molar-refractivity contribution in [1.82, 2.24) is 10.3 Å². The highest BCUT2D eigenvalue weighted by molar-refractivity contribution is 8.14. The van der Waals surface area contributed by atoms with Gasteiger partial charge in [-0.2, -0.15) is 0 Å². The smallest absolute Gasteiger partial charge is 0.156 e. The van der Waals surface area contributed by atoms with Gasteiger partial charge < -0.3 is 11.1 Å². The molecule has 0 amide bonds. The zero-order chi connectivity index (χ0) is 9.80. The van der Waals surface area contributed by atoms with Crippen LogP contribution in [-0.2, 0) is 6.54 Å². The molecule has 4 nitrogen and oxygen atoms in total. The summed E-state index contributed by atoms with van der Waals surface area (Å²) in [5.74, 6) is 1.66. The summed E-state index contributed by atoms with van der Waals surface area (Å²) in [4.78, 5) is 8.30. The maximum atomic E-state index is 5.71. The zero-order valence-electron chi connectivity index (χ0n) is 7.73. The first-order chi connectivity index (χ1) is 6.86. The molecule has 14 heavy (non-hydrogen) atoms. The number of nitrogens with zero attached hydrogens (tertiary/aromatic N) is 2. The van der Waals surface area contributed by atoms with Crippen molar-refractivity contribution in [2.24, 2.45) is 4.99 Å². The maximum absolute atomic E-state index is 5.71. The predicted molar refractivity (Wildman–Crippen MR) is 60.2 cm³/mol. The van der Waals surface area contributed by atoms with Crippen molar-refractivity contribution in [1.29, 1.82) is 0 Å².